The number of thiazole rings is 1. The zero-order valence-electron chi connectivity index (χ0n) is 13.1. The maximum atomic E-state index is 13.2. The highest BCUT2D eigenvalue weighted by molar-refractivity contribution is 9.10. The molecule has 0 aliphatic rings. The van der Waals surface area contributed by atoms with Crippen LogP contribution in [0.5, 0.6) is 0 Å². The molecule has 0 aliphatic heterocycles. The fourth-order valence-electron chi connectivity index (χ4n) is 2.20. The van der Waals surface area contributed by atoms with Crippen molar-refractivity contribution in [3.63, 3.8) is 0 Å². The number of nitrogens with zero attached hydrogens (tertiary/aromatic N) is 1. The van der Waals surface area contributed by atoms with Crippen molar-refractivity contribution in [2.24, 2.45) is 0 Å². The van der Waals surface area contributed by atoms with Crippen molar-refractivity contribution >= 4 is 38.3 Å². The van der Waals surface area contributed by atoms with E-state index in [9.17, 15) is 13.6 Å². The lowest BCUT2D eigenvalue weighted by Gasteiger charge is -2.10. The maximum absolute atomic E-state index is 13.2. The van der Waals surface area contributed by atoms with E-state index in [0.29, 0.717) is 10.7 Å². The van der Waals surface area contributed by atoms with E-state index in [2.05, 4.69) is 26.2 Å². The number of aromatic nitrogens is 1. The first kappa shape index (κ1) is 17.7. The Morgan fingerprint density at radius 2 is 1.92 bits per heavy atom. The van der Waals surface area contributed by atoms with Crippen LogP contribution in [0.4, 0.5) is 13.9 Å². The molecule has 128 valence electrons. The Bertz CT molecular complexity index is 904. The van der Waals surface area contributed by atoms with Crippen LogP contribution >= 0.6 is 27.3 Å². The number of carbonyl (C=O) groups excluding carboxylic acids is 1. The molecule has 0 radical (unpaired) electrons. The highest BCUT2D eigenvalue weighted by Gasteiger charge is 2.24. The van der Waals surface area contributed by atoms with Gasteiger partial charge in [0.05, 0.1) is 5.69 Å². The van der Waals surface area contributed by atoms with Gasteiger partial charge in [-0.2, -0.15) is 0 Å². The molecule has 0 atom stereocenters. The molecule has 0 unspecified atom stereocenters. The second-order valence-corrected chi connectivity index (χ2v) is 7.24. The Kier molecular flexibility index (Phi) is 4.96. The smallest absolute Gasteiger partial charge is 0.270 e. The second kappa shape index (κ2) is 7.01. The van der Waals surface area contributed by atoms with E-state index in [1.807, 2.05) is 29.6 Å². The van der Waals surface area contributed by atoms with Gasteiger partial charge in [-0.15, -0.1) is 11.3 Å². The Hall–Kier alpha value is -2.12. The number of alkyl halides is 2. The van der Waals surface area contributed by atoms with Crippen molar-refractivity contribution in [1.82, 2.24) is 4.98 Å². The minimum absolute atomic E-state index is 0.129. The van der Waals surface area contributed by atoms with Gasteiger partial charge in [-0.3, -0.25) is 10.1 Å². The van der Waals surface area contributed by atoms with Crippen LogP contribution in [0.2, 0.25) is 0 Å². The summed E-state index contributed by atoms with van der Waals surface area (Å²) in [6.45, 7) is 0.821. The van der Waals surface area contributed by atoms with Gasteiger partial charge >= 0.3 is 0 Å². The van der Waals surface area contributed by atoms with Crippen molar-refractivity contribution in [1.29, 1.82) is 0 Å². The van der Waals surface area contributed by atoms with Gasteiger partial charge in [-0.1, -0.05) is 40.2 Å². The van der Waals surface area contributed by atoms with Crippen molar-refractivity contribution in [3.8, 4) is 11.3 Å². The van der Waals surface area contributed by atoms with Gasteiger partial charge in [0.15, 0.2) is 5.13 Å². The number of nitrogens with one attached hydrogen (secondary N) is 1. The Balaban J connectivity index is 1.73. The van der Waals surface area contributed by atoms with Gasteiger partial charge in [0.2, 0.25) is 0 Å². The lowest BCUT2D eigenvalue weighted by Crippen LogP contribution is -2.13. The molecule has 3 aromatic rings. The maximum Gasteiger partial charge on any atom is 0.270 e. The molecular formula is C18H13BrF2N2OS. The van der Waals surface area contributed by atoms with Crippen LogP contribution in [0.3, 0.4) is 0 Å². The summed E-state index contributed by atoms with van der Waals surface area (Å²) in [5, 5.41) is 4.98. The van der Waals surface area contributed by atoms with Gasteiger partial charge < -0.3 is 0 Å². The van der Waals surface area contributed by atoms with Gasteiger partial charge in [-0.05, 0) is 24.3 Å². The molecule has 1 amide bonds. The predicted molar refractivity (Wildman–Crippen MR) is 99.2 cm³/mol. The van der Waals surface area contributed by atoms with E-state index in [-0.39, 0.29) is 11.5 Å². The first-order valence-electron chi connectivity index (χ1n) is 7.34. The van der Waals surface area contributed by atoms with Crippen LogP contribution < -0.4 is 5.32 Å². The average molecular weight is 423 g/mol. The number of carbonyl (C=O) groups is 1. The molecule has 1 heterocycles. The van der Waals surface area contributed by atoms with E-state index in [4.69, 9.17) is 0 Å². The zero-order valence-corrected chi connectivity index (χ0v) is 15.5. The molecule has 0 saturated carbocycles. The molecular weight excluding hydrogens is 410 g/mol. The first-order chi connectivity index (χ1) is 11.8. The molecule has 1 N–H and O–H groups in total. The van der Waals surface area contributed by atoms with E-state index in [0.717, 1.165) is 22.7 Å². The van der Waals surface area contributed by atoms with E-state index < -0.39 is 5.92 Å². The van der Waals surface area contributed by atoms with Crippen LogP contribution in [-0.2, 0) is 5.92 Å². The van der Waals surface area contributed by atoms with Gasteiger partial charge in [0.1, 0.15) is 0 Å². The summed E-state index contributed by atoms with van der Waals surface area (Å²) >= 11 is 4.71. The summed E-state index contributed by atoms with van der Waals surface area (Å²) in [5.41, 5.74) is 1.85. The summed E-state index contributed by atoms with van der Waals surface area (Å²) in [7, 11) is 0. The third-order valence-electron chi connectivity index (χ3n) is 3.50. The summed E-state index contributed by atoms with van der Waals surface area (Å²) in [6, 6.07) is 13.0. The molecule has 0 bridgehead atoms. The molecule has 0 fully saturated rings. The minimum Gasteiger partial charge on any atom is -0.298 e. The molecule has 2 aromatic carbocycles. The highest BCUT2D eigenvalue weighted by Crippen LogP contribution is 2.28. The van der Waals surface area contributed by atoms with Crippen molar-refractivity contribution in [3.05, 3.63) is 69.5 Å². The van der Waals surface area contributed by atoms with Crippen LogP contribution in [0.1, 0.15) is 22.8 Å². The lowest BCUT2D eigenvalue weighted by atomic mass is 10.1. The number of amides is 1. The van der Waals surface area contributed by atoms with Crippen molar-refractivity contribution < 1.29 is 13.6 Å². The zero-order chi connectivity index (χ0) is 18.0. The summed E-state index contributed by atoms with van der Waals surface area (Å²) in [4.78, 5) is 16.6. The van der Waals surface area contributed by atoms with Gasteiger partial charge in [0, 0.05) is 33.5 Å². The van der Waals surface area contributed by atoms with Crippen LogP contribution in [0.25, 0.3) is 11.3 Å². The number of anilines is 1. The molecule has 0 aliphatic carbocycles. The van der Waals surface area contributed by atoms with Crippen LogP contribution in [0.15, 0.2) is 58.4 Å². The summed E-state index contributed by atoms with van der Waals surface area (Å²) in [5.74, 6) is -3.32. The fraction of sp³-hybridized carbons (Fsp3) is 0.111. The van der Waals surface area contributed by atoms with Crippen LogP contribution in [-0.4, -0.2) is 10.9 Å². The normalized spacial score (nSPS) is 11.4. The van der Waals surface area contributed by atoms with E-state index in [1.165, 1.54) is 35.6 Å². The summed E-state index contributed by atoms with van der Waals surface area (Å²) in [6.07, 6.45) is 0. The molecule has 25 heavy (non-hydrogen) atoms. The van der Waals surface area contributed by atoms with Gasteiger partial charge in [-0.25, -0.2) is 13.8 Å². The number of rotatable bonds is 4. The molecule has 7 heteroatoms. The average Bonchev–Trinajstić information content (AvgIpc) is 3.03. The Labute approximate surface area is 155 Å². The highest BCUT2D eigenvalue weighted by atomic mass is 79.9. The number of hydrogen-bond donors (Lipinski definition) is 1. The molecule has 3 nitrogen and oxygen atoms in total. The Morgan fingerprint density at radius 3 is 2.56 bits per heavy atom. The van der Waals surface area contributed by atoms with Crippen molar-refractivity contribution in [2.45, 2.75) is 12.8 Å². The Morgan fingerprint density at radius 1 is 1.20 bits per heavy atom. The van der Waals surface area contributed by atoms with Crippen LogP contribution in [0, 0.1) is 0 Å². The first-order valence-corrected chi connectivity index (χ1v) is 9.01. The molecule has 0 spiro atoms. The predicted octanol–water partition coefficient (Wildman–Crippen LogP) is 5.94. The van der Waals surface area contributed by atoms with E-state index >= 15 is 0 Å². The molecule has 1 aromatic heterocycles. The van der Waals surface area contributed by atoms with Gasteiger partial charge in [0.25, 0.3) is 11.8 Å². The number of halogens is 3. The number of hydrogen-bond acceptors (Lipinski definition) is 3. The number of benzene rings is 2. The molecule has 0 saturated heterocycles. The lowest BCUT2D eigenvalue weighted by molar-refractivity contribution is 0.0174. The van der Waals surface area contributed by atoms with Crippen molar-refractivity contribution in [2.75, 3.05) is 5.32 Å². The quantitative estimate of drug-likeness (QED) is 0.565. The molecule has 3 rings (SSSR count). The summed E-state index contributed by atoms with van der Waals surface area (Å²) < 4.78 is 27.4. The largest absolute Gasteiger partial charge is 0.298 e. The monoisotopic (exact) mass is 422 g/mol. The third kappa shape index (κ3) is 4.29. The topological polar surface area (TPSA) is 42.0 Å². The van der Waals surface area contributed by atoms with E-state index in [1.54, 1.807) is 0 Å². The fourth-order valence-corrected chi connectivity index (χ4v) is 3.31. The second-order valence-electron chi connectivity index (χ2n) is 5.47. The minimum atomic E-state index is -2.93. The third-order valence-corrected chi connectivity index (χ3v) is 4.75. The standard InChI is InChI=1S/C18H13BrF2N2OS/c1-18(20,21)13-7-5-11(6-8-13)16(24)23-17-22-15(10-25-17)12-3-2-4-14(19)9-12/h2-10H,1H3,(H,22,23,24). The SMILES string of the molecule is CC(F)(F)c1ccc(C(=O)Nc2nc(-c3cccc(Br)c3)cs2)cc1.